The van der Waals surface area contributed by atoms with Gasteiger partial charge >= 0.3 is 0 Å². The number of nitrogens with zero attached hydrogens (tertiary/aromatic N) is 4. The van der Waals surface area contributed by atoms with Crippen molar-refractivity contribution in [2.45, 2.75) is 20.8 Å². The highest BCUT2D eigenvalue weighted by molar-refractivity contribution is 6.29. The Morgan fingerprint density at radius 3 is 2.63 bits per heavy atom. The maximum Gasteiger partial charge on any atom is 0.170 e. The third-order valence-corrected chi connectivity index (χ3v) is 3.36. The molecule has 0 unspecified atom stereocenters. The molecule has 0 aliphatic heterocycles. The maximum atomic E-state index is 5.94. The predicted molar refractivity (Wildman–Crippen MR) is 75.4 cm³/mol. The van der Waals surface area contributed by atoms with Crippen LogP contribution in [-0.4, -0.2) is 19.6 Å². The molecule has 1 aromatic carbocycles. The molecule has 5 heteroatoms. The zero-order valence-corrected chi connectivity index (χ0v) is 11.7. The molecule has 0 saturated carbocycles. The van der Waals surface area contributed by atoms with Crippen molar-refractivity contribution in [3.8, 4) is 11.4 Å². The summed E-state index contributed by atoms with van der Waals surface area (Å²) in [5.41, 5.74) is 4.14. The number of fused-ring (bicyclic) bond motifs is 1. The molecule has 0 fully saturated rings. The molecule has 19 heavy (non-hydrogen) atoms. The molecule has 96 valence electrons. The fraction of sp³-hybridized carbons (Fsp3) is 0.214. The van der Waals surface area contributed by atoms with Crippen molar-refractivity contribution in [2.24, 2.45) is 0 Å². The molecular formula is C14H13ClN4. The van der Waals surface area contributed by atoms with Gasteiger partial charge in [0.2, 0.25) is 0 Å². The van der Waals surface area contributed by atoms with E-state index in [0.717, 1.165) is 22.8 Å². The second-order valence-corrected chi connectivity index (χ2v) is 5.05. The van der Waals surface area contributed by atoms with Crippen molar-refractivity contribution in [2.75, 3.05) is 0 Å². The van der Waals surface area contributed by atoms with Crippen molar-refractivity contribution in [3.05, 3.63) is 46.4 Å². The number of hydrogen-bond acceptors (Lipinski definition) is 3. The summed E-state index contributed by atoms with van der Waals surface area (Å²) >= 11 is 5.94. The molecule has 4 nitrogen and oxygen atoms in total. The van der Waals surface area contributed by atoms with E-state index < -0.39 is 0 Å². The first-order valence-corrected chi connectivity index (χ1v) is 6.40. The van der Waals surface area contributed by atoms with E-state index in [9.17, 15) is 0 Å². The molecule has 0 aliphatic carbocycles. The Morgan fingerprint density at radius 1 is 1.05 bits per heavy atom. The van der Waals surface area contributed by atoms with E-state index in [2.05, 4.69) is 47.2 Å². The van der Waals surface area contributed by atoms with Crippen molar-refractivity contribution in [1.29, 1.82) is 0 Å². The van der Waals surface area contributed by atoms with Crippen molar-refractivity contribution in [3.63, 3.8) is 0 Å². The molecule has 0 saturated heterocycles. The lowest BCUT2D eigenvalue weighted by atomic mass is 10.1. The number of aromatic nitrogens is 4. The van der Waals surface area contributed by atoms with Crippen molar-refractivity contribution in [1.82, 2.24) is 19.6 Å². The van der Waals surface area contributed by atoms with E-state index in [-0.39, 0.29) is 0 Å². The third kappa shape index (κ3) is 1.98. The summed E-state index contributed by atoms with van der Waals surface area (Å²) < 4.78 is 1.92. The molecule has 3 aromatic rings. The van der Waals surface area contributed by atoms with Gasteiger partial charge in [0.05, 0.1) is 0 Å². The number of halogens is 1. The fourth-order valence-corrected chi connectivity index (χ4v) is 2.42. The molecule has 2 heterocycles. The molecule has 0 bridgehead atoms. The first-order valence-electron chi connectivity index (χ1n) is 6.02. The van der Waals surface area contributed by atoms with Crippen LogP contribution in [-0.2, 0) is 0 Å². The lowest BCUT2D eigenvalue weighted by Crippen LogP contribution is -1.99. The van der Waals surface area contributed by atoms with Gasteiger partial charge in [-0.1, -0.05) is 29.3 Å². The van der Waals surface area contributed by atoms with E-state index in [1.807, 2.05) is 11.3 Å². The molecule has 0 N–H and O–H groups in total. The largest absolute Gasteiger partial charge is 0.263 e. The van der Waals surface area contributed by atoms with Gasteiger partial charge in [0, 0.05) is 11.6 Å². The summed E-state index contributed by atoms with van der Waals surface area (Å²) in [7, 11) is 0. The Labute approximate surface area is 116 Å². The van der Waals surface area contributed by atoms with Crippen LogP contribution in [0.1, 0.15) is 17.0 Å². The zero-order valence-electron chi connectivity index (χ0n) is 11.0. The average Bonchev–Trinajstić information content (AvgIpc) is 2.76. The first kappa shape index (κ1) is 12.1. The number of hydrogen-bond donors (Lipinski definition) is 0. The third-order valence-electron chi connectivity index (χ3n) is 3.16. The standard InChI is InChI=1S/C14H13ClN4/c1-8-4-5-9(2)11(6-8)14-18-17-13-7-12(15)16-10(3)19(13)14/h4-7H,1-3H3. The van der Waals surface area contributed by atoms with Gasteiger partial charge in [-0.05, 0) is 32.4 Å². The van der Waals surface area contributed by atoms with Crippen LogP contribution in [0.15, 0.2) is 24.3 Å². The quantitative estimate of drug-likeness (QED) is 0.638. The lowest BCUT2D eigenvalue weighted by Gasteiger charge is -2.07. The van der Waals surface area contributed by atoms with E-state index in [0.29, 0.717) is 10.8 Å². The molecule has 0 aliphatic rings. The van der Waals surface area contributed by atoms with Crippen LogP contribution in [0.2, 0.25) is 5.15 Å². The topological polar surface area (TPSA) is 43.1 Å². The van der Waals surface area contributed by atoms with Gasteiger partial charge in [-0.3, -0.25) is 4.40 Å². The van der Waals surface area contributed by atoms with Crippen LogP contribution in [0.4, 0.5) is 0 Å². The minimum Gasteiger partial charge on any atom is -0.263 e. The molecule has 0 spiro atoms. The second-order valence-electron chi connectivity index (χ2n) is 4.66. The van der Waals surface area contributed by atoms with E-state index in [1.165, 1.54) is 5.56 Å². The number of rotatable bonds is 1. The number of benzene rings is 1. The molecule has 2 aromatic heterocycles. The summed E-state index contributed by atoms with van der Waals surface area (Å²) in [6.07, 6.45) is 0. The van der Waals surface area contributed by atoms with Gasteiger partial charge in [-0.15, -0.1) is 10.2 Å². The summed E-state index contributed by atoms with van der Waals surface area (Å²) in [6, 6.07) is 8.00. The fourth-order valence-electron chi connectivity index (χ4n) is 2.20. The average molecular weight is 273 g/mol. The predicted octanol–water partition coefficient (Wildman–Crippen LogP) is 3.37. The van der Waals surface area contributed by atoms with Crippen LogP contribution >= 0.6 is 11.6 Å². The van der Waals surface area contributed by atoms with Crippen LogP contribution in [0.3, 0.4) is 0 Å². The minimum atomic E-state index is 0.435. The summed E-state index contributed by atoms with van der Waals surface area (Å²) in [6.45, 7) is 6.03. The van der Waals surface area contributed by atoms with Crippen molar-refractivity contribution >= 4 is 17.2 Å². The van der Waals surface area contributed by atoms with Gasteiger partial charge in [0.1, 0.15) is 11.0 Å². The Morgan fingerprint density at radius 2 is 1.84 bits per heavy atom. The Bertz CT molecular complexity index is 776. The van der Waals surface area contributed by atoms with Gasteiger partial charge in [0.15, 0.2) is 11.5 Å². The summed E-state index contributed by atoms with van der Waals surface area (Å²) in [4.78, 5) is 4.26. The van der Waals surface area contributed by atoms with E-state index in [1.54, 1.807) is 6.07 Å². The molecule has 3 rings (SSSR count). The van der Waals surface area contributed by atoms with Crippen LogP contribution in [0, 0.1) is 20.8 Å². The monoisotopic (exact) mass is 272 g/mol. The van der Waals surface area contributed by atoms with Crippen LogP contribution in [0.5, 0.6) is 0 Å². The van der Waals surface area contributed by atoms with Crippen LogP contribution in [0.25, 0.3) is 17.0 Å². The zero-order chi connectivity index (χ0) is 13.6. The van der Waals surface area contributed by atoms with Gasteiger partial charge in [0.25, 0.3) is 0 Å². The van der Waals surface area contributed by atoms with Gasteiger partial charge in [-0.2, -0.15) is 0 Å². The maximum absolute atomic E-state index is 5.94. The van der Waals surface area contributed by atoms with E-state index >= 15 is 0 Å². The summed E-state index contributed by atoms with van der Waals surface area (Å²) in [5.74, 6) is 1.58. The van der Waals surface area contributed by atoms with Gasteiger partial charge < -0.3 is 0 Å². The molecule has 0 amide bonds. The molecular weight excluding hydrogens is 260 g/mol. The highest BCUT2D eigenvalue weighted by Gasteiger charge is 2.13. The van der Waals surface area contributed by atoms with Gasteiger partial charge in [-0.25, -0.2) is 4.98 Å². The lowest BCUT2D eigenvalue weighted by molar-refractivity contribution is 0.986. The first-order chi connectivity index (χ1) is 9.06. The molecule has 0 radical (unpaired) electrons. The highest BCUT2D eigenvalue weighted by Crippen LogP contribution is 2.25. The summed E-state index contributed by atoms with van der Waals surface area (Å²) in [5, 5.41) is 8.89. The van der Waals surface area contributed by atoms with Crippen LogP contribution < -0.4 is 0 Å². The Hall–Kier alpha value is -1.94. The smallest absolute Gasteiger partial charge is 0.170 e. The second kappa shape index (κ2) is 4.31. The van der Waals surface area contributed by atoms with Crippen molar-refractivity contribution < 1.29 is 0 Å². The van der Waals surface area contributed by atoms with E-state index in [4.69, 9.17) is 11.6 Å². The number of aryl methyl sites for hydroxylation is 3. The minimum absolute atomic E-state index is 0.435. The molecule has 0 atom stereocenters. The Balaban J connectivity index is 2.34. The Kier molecular flexibility index (Phi) is 2.75. The highest BCUT2D eigenvalue weighted by atomic mass is 35.5. The normalized spacial score (nSPS) is 11.2. The SMILES string of the molecule is Cc1ccc(C)c(-c2nnc3cc(Cl)nc(C)n23)c1.